The Morgan fingerprint density at radius 2 is 1.90 bits per heavy atom. The zero-order valence-electron chi connectivity index (χ0n) is 12.6. The quantitative estimate of drug-likeness (QED) is 0.812. The standard InChI is InChI=1S/C16H22ClNO3/c1-11(8-12-6-4-5-7-13(12)17)18-14(19)9-16(2,3)10-15(20)21/h4-7,11H,8-10H2,1-3H3,(H,18,19)(H,20,21). The van der Waals surface area contributed by atoms with Gasteiger partial charge in [0.15, 0.2) is 0 Å². The van der Waals surface area contributed by atoms with Gasteiger partial charge in [0.2, 0.25) is 5.91 Å². The first-order valence-electron chi connectivity index (χ1n) is 6.94. The number of hydrogen-bond acceptors (Lipinski definition) is 2. The molecule has 5 heteroatoms. The van der Waals surface area contributed by atoms with Gasteiger partial charge in [-0.15, -0.1) is 0 Å². The van der Waals surface area contributed by atoms with Crippen molar-refractivity contribution in [1.82, 2.24) is 5.32 Å². The highest BCUT2D eigenvalue weighted by Crippen LogP contribution is 2.25. The minimum absolute atomic E-state index is 0.0285. The summed E-state index contributed by atoms with van der Waals surface area (Å²) in [6.07, 6.45) is 0.802. The molecule has 1 aromatic rings. The Bertz CT molecular complexity index is 514. The first kappa shape index (κ1) is 17.5. The third-order valence-electron chi connectivity index (χ3n) is 3.16. The monoisotopic (exact) mass is 311 g/mol. The number of aliphatic carboxylic acids is 1. The lowest BCUT2D eigenvalue weighted by Gasteiger charge is -2.23. The second kappa shape index (κ2) is 7.46. The van der Waals surface area contributed by atoms with Gasteiger partial charge in [0.05, 0.1) is 6.42 Å². The number of carboxylic acid groups (broad SMARTS) is 1. The van der Waals surface area contributed by atoms with Crippen molar-refractivity contribution in [3.63, 3.8) is 0 Å². The number of rotatable bonds is 7. The third-order valence-corrected chi connectivity index (χ3v) is 3.53. The van der Waals surface area contributed by atoms with Crippen LogP contribution in [0.2, 0.25) is 5.02 Å². The van der Waals surface area contributed by atoms with E-state index in [0.29, 0.717) is 11.4 Å². The summed E-state index contributed by atoms with van der Waals surface area (Å²) in [7, 11) is 0. The number of carboxylic acids is 1. The Kier molecular flexibility index (Phi) is 6.21. The molecule has 0 radical (unpaired) electrons. The molecule has 116 valence electrons. The van der Waals surface area contributed by atoms with E-state index >= 15 is 0 Å². The van der Waals surface area contributed by atoms with E-state index in [-0.39, 0.29) is 24.8 Å². The molecule has 0 spiro atoms. The van der Waals surface area contributed by atoms with Crippen LogP contribution in [0.15, 0.2) is 24.3 Å². The topological polar surface area (TPSA) is 66.4 Å². The first-order valence-corrected chi connectivity index (χ1v) is 7.32. The molecule has 0 bridgehead atoms. The molecule has 0 fully saturated rings. The van der Waals surface area contributed by atoms with Crippen LogP contribution in [0.5, 0.6) is 0 Å². The minimum atomic E-state index is -0.892. The summed E-state index contributed by atoms with van der Waals surface area (Å²) in [5.41, 5.74) is 0.428. The second-order valence-electron chi connectivity index (χ2n) is 6.18. The van der Waals surface area contributed by atoms with Crippen molar-refractivity contribution in [3.8, 4) is 0 Å². The summed E-state index contributed by atoms with van der Waals surface area (Å²) in [5.74, 6) is -1.03. The lowest BCUT2D eigenvalue weighted by molar-refractivity contribution is -0.139. The average Bonchev–Trinajstić information content (AvgIpc) is 2.28. The highest BCUT2D eigenvalue weighted by atomic mass is 35.5. The lowest BCUT2D eigenvalue weighted by Crippen LogP contribution is -2.37. The smallest absolute Gasteiger partial charge is 0.303 e. The fourth-order valence-electron chi connectivity index (χ4n) is 2.28. The van der Waals surface area contributed by atoms with Crippen LogP contribution in [-0.2, 0) is 16.0 Å². The second-order valence-corrected chi connectivity index (χ2v) is 6.58. The minimum Gasteiger partial charge on any atom is -0.481 e. The predicted molar refractivity (Wildman–Crippen MR) is 83.4 cm³/mol. The summed E-state index contributed by atoms with van der Waals surface area (Å²) < 4.78 is 0. The van der Waals surface area contributed by atoms with E-state index in [4.69, 9.17) is 16.7 Å². The predicted octanol–water partition coefficient (Wildman–Crippen LogP) is 3.28. The van der Waals surface area contributed by atoms with E-state index < -0.39 is 11.4 Å². The van der Waals surface area contributed by atoms with Crippen molar-refractivity contribution in [3.05, 3.63) is 34.9 Å². The molecule has 0 aromatic heterocycles. The van der Waals surface area contributed by atoms with Gasteiger partial charge in [0.25, 0.3) is 0 Å². The first-order chi connectivity index (χ1) is 9.69. The number of benzene rings is 1. The number of nitrogens with one attached hydrogen (secondary N) is 1. The van der Waals surface area contributed by atoms with Crippen LogP contribution in [0.4, 0.5) is 0 Å². The van der Waals surface area contributed by atoms with E-state index in [1.807, 2.05) is 31.2 Å². The normalized spacial score (nSPS) is 12.8. The fourth-order valence-corrected chi connectivity index (χ4v) is 2.49. The molecule has 0 aliphatic carbocycles. The van der Waals surface area contributed by atoms with Crippen molar-refractivity contribution in [2.45, 2.75) is 46.1 Å². The molecule has 1 aromatic carbocycles. The zero-order chi connectivity index (χ0) is 16.0. The van der Waals surface area contributed by atoms with Crippen LogP contribution < -0.4 is 5.32 Å². The lowest BCUT2D eigenvalue weighted by atomic mass is 9.85. The molecule has 1 rings (SSSR count). The molecule has 0 aliphatic rings. The summed E-state index contributed by atoms with van der Waals surface area (Å²) in [5, 5.41) is 12.4. The molecule has 4 nitrogen and oxygen atoms in total. The van der Waals surface area contributed by atoms with E-state index in [1.54, 1.807) is 13.8 Å². The largest absolute Gasteiger partial charge is 0.481 e. The maximum atomic E-state index is 12.0. The maximum absolute atomic E-state index is 12.0. The zero-order valence-corrected chi connectivity index (χ0v) is 13.4. The SMILES string of the molecule is CC(Cc1ccccc1Cl)NC(=O)CC(C)(C)CC(=O)O. The maximum Gasteiger partial charge on any atom is 0.303 e. The van der Waals surface area contributed by atoms with Gasteiger partial charge in [0.1, 0.15) is 0 Å². The summed E-state index contributed by atoms with van der Waals surface area (Å²) in [6, 6.07) is 7.47. The van der Waals surface area contributed by atoms with Crippen LogP contribution >= 0.6 is 11.6 Å². The molecule has 1 unspecified atom stereocenters. The molecule has 0 saturated heterocycles. The van der Waals surface area contributed by atoms with Gasteiger partial charge in [-0.3, -0.25) is 9.59 Å². The van der Waals surface area contributed by atoms with Gasteiger partial charge in [-0.25, -0.2) is 0 Å². The average molecular weight is 312 g/mol. The van der Waals surface area contributed by atoms with Gasteiger partial charge in [-0.1, -0.05) is 43.6 Å². The Balaban J connectivity index is 2.51. The molecular weight excluding hydrogens is 290 g/mol. The van der Waals surface area contributed by atoms with E-state index in [0.717, 1.165) is 5.56 Å². The summed E-state index contributed by atoms with van der Waals surface area (Å²) in [6.45, 7) is 5.46. The molecule has 0 heterocycles. The van der Waals surface area contributed by atoms with Gasteiger partial charge in [-0.2, -0.15) is 0 Å². The van der Waals surface area contributed by atoms with Crippen molar-refractivity contribution >= 4 is 23.5 Å². The molecule has 1 amide bonds. The molecule has 2 N–H and O–H groups in total. The van der Waals surface area contributed by atoms with Gasteiger partial charge >= 0.3 is 5.97 Å². The van der Waals surface area contributed by atoms with E-state index in [9.17, 15) is 9.59 Å². The third kappa shape index (κ3) is 6.63. The molecule has 21 heavy (non-hydrogen) atoms. The van der Waals surface area contributed by atoms with Gasteiger partial charge < -0.3 is 10.4 Å². The van der Waals surface area contributed by atoms with Crippen molar-refractivity contribution in [2.75, 3.05) is 0 Å². The number of carbonyl (C=O) groups is 2. The number of amides is 1. The van der Waals surface area contributed by atoms with Crippen LogP contribution in [0.25, 0.3) is 0 Å². The fraction of sp³-hybridized carbons (Fsp3) is 0.500. The Morgan fingerprint density at radius 3 is 2.48 bits per heavy atom. The number of carbonyl (C=O) groups excluding carboxylic acids is 1. The summed E-state index contributed by atoms with van der Waals surface area (Å²) >= 11 is 6.09. The van der Waals surface area contributed by atoms with E-state index in [2.05, 4.69) is 5.32 Å². The van der Waals surface area contributed by atoms with E-state index in [1.165, 1.54) is 0 Å². The highest BCUT2D eigenvalue weighted by Gasteiger charge is 2.25. The Hall–Kier alpha value is -1.55. The number of hydrogen-bond donors (Lipinski definition) is 2. The Labute approximate surface area is 130 Å². The Morgan fingerprint density at radius 1 is 1.29 bits per heavy atom. The molecule has 0 aliphatic heterocycles. The van der Waals surface area contributed by atoms with Crippen molar-refractivity contribution in [2.24, 2.45) is 5.41 Å². The van der Waals surface area contributed by atoms with Gasteiger partial charge in [-0.05, 0) is 30.4 Å². The highest BCUT2D eigenvalue weighted by molar-refractivity contribution is 6.31. The van der Waals surface area contributed by atoms with Crippen LogP contribution in [-0.4, -0.2) is 23.0 Å². The summed E-state index contributed by atoms with van der Waals surface area (Å²) in [4.78, 5) is 22.7. The molecular formula is C16H22ClNO3. The molecule has 1 atom stereocenters. The van der Waals surface area contributed by atoms with Crippen LogP contribution in [0.1, 0.15) is 39.2 Å². The van der Waals surface area contributed by atoms with Crippen molar-refractivity contribution in [1.29, 1.82) is 0 Å². The van der Waals surface area contributed by atoms with Crippen LogP contribution in [0.3, 0.4) is 0 Å². The van der Waals surface area contributed by atoms with Gasteiger partial charge in [0, 0.05) is 17.5 Å². The molecule has 0 saturated carbocycles. The van der Waals surface area contributed by atoms with Crippen molar-refractivity contribution < 1.29 is 14.7 Å². The number of halogens is 1. The van der Waals surface area contributed by atoms with Crippen LogP contribution in [0, 0.1) is 5.41 Å².